The molecule has 0 aromatic heterocycles. The van der Waals surface area contributed by atoms with Crippen LogP contribution in [0.2, 0.25) is 5.02 Å². The van der Waals surface area contributed by atoms with Crippen molar-refractivity contribution in [3.63, 3.8) is 0 Å². The van der Waals surface area contributed by atoms with Crippen LogP contribution in [0.15, 0.2) is 23.1 Å². The SMILES string of the molecule is COC(=O)C(C)(F)c1ccc(SC(C)C)c(Cl)c1. The summed E-state index contributed by atoms with van der Waals surface area (Å²) in [5.41, 5.74) is -1.98. The highest BCUT2D eigenvalue weighted by Gasteiger charge is 2.36. The lowest BCUT2D eigenvalue weighted by Crippen LogP contribution is -2.28. The van der Waals surface area contributed by atoms with Gasteiger partial charge in [0.05, 0.1) is 12.1 Å². The zero-order chi connectivity index (χ0) is 13.9. The summed E-state index contributed by atoms with van der Waals surface area (Å²) < 4.78 is 18.7. The van der Waals surface area contributed by atoms with E-state index in [2.05, 4.69) is 4.74 Å². The van der Waals surface area contributed by atoms with Gasteiger partial charge in [-0.15, -0.1) is 11.8 Å². The molecule has 0 aliphatic heterocycles. The Kier molecular flexibility index (Phi) is 5.05. The number of carbonyl (C=O) groups excluding carboxylic acids is 1. The molecule has 1 atom stereocenters. The molecular formula is C13H16ClFO2S. The van der Waals surface area contributed by atoms with Gasteiger partial charge in [-0.05, 0) is 19.1 Å². The minimum absolute atomic E-state index is 0.201. The van der Waals surface area contributed by atoms with E-state index in [0.717, 1.165) is 12.0 Å². The van der Waals surface area contributed by atoms with Gasteiger partial charge in [0.2, 0.25) is 5.67 Å². The van der Waals surface area contributed by atoms with Gasteiger partial charge in [0, 0.05) is 15.7 Å². The molecule has 100 valence electrons. The van der Waals surface area contributed by atoms with Gasteiger partial charge in [-0.3, -0.25) is 0 Å². The van der Waals surface area contributed by atoms with Crippen molar-refractivity contribution in [2.24, 2.45) is 0 Å². The number of alkyl halides is 1. The fourth-order valence-electron chi connectivity index (χ4n) is 1.45. The van der Waals surface area contributed by atoms with E-state index in [0.29, 0.717) is 10.3 Å². The van der Waals surface area contributed by atoms with Crippen molar-refractivity contribution in [2.45, 2.75) is 36.6 Å². The van der Waals surface area contributed by atoms with Gasteiger partial charge >= 0.3 is 5.97 Å². The van der Waals surface area contributed by atoms with Crippen molar-refractivity contribution in [1.29, 1.82) is 0 Å². The second-order valence-corrected chi connectivity index (χ2v) is 6.33. The number of hydrogen-bond acceptors (Lipinski definition) is 3. The highest BCUT2D eigenvalue weighted by Crippen LogP contribution is 2.35. The van der Waals surface area contributed by atoms with Gasteiger partial charge in [-0.2, -0.15) is 0 Å². The van der Waals surface area contributed by atoms with Crippen molar-refractivity contribution >= 4 is 29.3 Å². The van der Waals surface area contributed by atoms with Gasteiger partial charge in [0.25, 0.3) is 0 Å². The zero-order valence-electron chi connectivity index (χ0n) is 10.8. The van der Waals surface area contributed by atoms with E-state index in [1.54, 1.807) is 23.9 Å². The van der Waals surface area contributed by atoms with Crippen LogP contribution in [0.25, 0.3) is 0 Å². The van der Waals surface area contributed by atoms with Crippen LogP contribution in [-0.4, -0.2) is 18.3 Å². The highest BCUT2D eigenvalue weighted by atomic mass is 35.5. The first-order valence-electron chi connectivity index (χ1n) is 5.53. The molecule has 0 N–H and O–H groups in total. The number of thioether (sulfide) groups is 1. The van der Waals surface area contributed by atoms with Crippen LogP contribution in [0.5, 0.6) is 0 Å². The molecule has 0 saturated carbocycles. The van der Waals surface area contributed by atoms with Gasteiger partial charge in [-0.25, -0.2) is 9.18 Å². The summed E-state index contributed by atoms with van der Waals surface area (Å²) in [7, 11) is 1.16. The molecule has 1 aromatic rings. The fraction of sp³-hybridized carbons (Fsp3) is 0.462. The van der Waals surface area contributed by atoms with Crippen LogP contribution < -0.4 is 0 Å². The summed E-state index contributed by atoms with van der Waals surface area (Å²) in [6.45, 7) is 5.25. The van der Waals surface area contributed by atoms with Crippen LogP contribution in [0.3, 0.4) is 0 Å². The van der Waals surface area contributed by atoms with Gasteiger partial charge in [0.15, 0.2) is 0 Å². The standard InChI is InChI=1S/C13H16ClFO2S/c1-8(2)18-11-6-5-9(7-10(11)14)13(3,15)12(16)17-4/h5-8H,1-4H3. The first-order chi connectivity index (χ1) is 8.28. The number of carbonyl (C=O) groups is 1. The number of benzene rings is 1. The molecule has 5 heteroatoms. The summed E-state index contributed by atoms with van der Waals surface area (Å²) in [4.78, 5) is 12.2. The Hall–Kier alpha value is -0.740. The minimum atomic E-state index is -2.18. The quantitative estimate of drug-likeness (QED) is 0.614. The van der Waals surface area contributed by atoms with Gasteiger partial charge in [-0.1, -0.05) is 31.5 Å². The number of rotatable bonds is 4. The van der Waals surface area contributed by atoms with E-state index in [1.165, 1.54) is 13.0 Å². The monoisotopic (exact) mass is 290 g/mol. The van der Waals surface area contributed by atoms with Crippen molar-refractivity contribution in [3.05, 3.63) is 28.8 Å². The molecule has 0 bridgehead atoms. The molecule has 0 amide bonds. The lowest BCUT2D eigenvalue weighted by atomic mass is 9.98. The molecule has 1 rings (SSSR count). The Morgan fingerprint density at radius 2 is 2.11 bits per heavy atom. The van der Waals surface area contributed by atoms with Crippen molar-refractivity contribution in [1.82, 2.24) is 0 Å². The summed E-state index contributed by atoms with van der Waals surface area (Å²) in [5, 5.41) is 0.824. The van der Waals surface area contributed by atoms with Crippen LogP contribution in [0.4, 0.5) is 4.39 Å². The molecule has 0 saturated heterocycles. The molecule has 18 heavy (non-hydrogen) atoms. The van der Waals surface area contributed by atoms with Crippen LogP contribution in [0, 0.1) is 0 Å². The molecule has 0 fully saturated rings. The van der Waals surface area contributed by atoms with Crippen LogP contribution in [-0.2, 0) is 15.2 Å². The summed E-state index contributed by atoms with van der Waals surface area (Å²) in [6, 6.07) is 4.76. The average Bonchev–Trinajstić information content (AvgIpc) is 2.29. The number of hydrogen-bond donors (Lipinski definition) is 0. The van der Waals surface area contributed by atoms with E-state index in [9.17, 15) is 9.18 Å². The summed E-state index contributed by atoms with van der Waals surface area (Å²) in [6.07, 6.45) is 0. The zero-order valence-corrected chi connectivity index (χ0v) is 12.4. The summed E-state index contributed by atoms with van der Waals surface area (Å²) >= 11 is 7.68. The molecular weight excluding hydrogens is 275 g/mol. The Morgan fingerprint density at radius 1 is 1.50 bits per heavy atom. The molecule has 1 aromatic carbocycles. The third-order valence-electron chi connectivity index (χ3n) is 2.41. The number of methoxy groups -OCH3 is 1. The lowest BCUT2D eigenvalue weighted by molar-refractivity contribution is -0.154. The lowest BCUT2D eigenvalue weighted by Gasteiger charge is -2.19. The van der Waals surface area contributed by atoms with Crippen molar-refractivity contribution < 1.29 is 13.9 Å². The predicted octanol–water partition coefficient (Wildman–Crippen LogP) is 4.20. The van der Waals surface area contributed by atoms with E-state index >= 15 is 0 Å². The Bertz CT molecular complexity index is 447. The van der Waals surface area contributed by atoms with E-state index in [-0.39, 0.29) is 5.56 Å². The second-order valence-electron chi connectivity index (χ2n) is 4.31. The maximum atomic E-state index is 14.3. The van der Waals surface area contributed by atoms with E-state index in [1.807, 2.05) is 13.8 Å². The molecule has 0 aliphatic rings. The van der Waals surface area contributed by atoms with Crippen molar-refractivity contribution in [3.8, 4) is 0 Å². The smallest absolute Gasteiger partial charge is 0.348 e. The molecule has 0 heterocycles. The van der Waals surface area contributed by atoms with Gasteiger partial charge in [0.1, 0.15) is 0 Å². The first-order valence-corrected chi connectivity index (χ1v) is 6.78. The predicted molar refractivity (Wildman–Crippen MR) is 72.9 cm³/mol. The van der Waals surface area contributed by atoms with E-state index in [4.69, 9.17) is 11.6 Å². The number of ether oxygens (including phenoxy) is 1. The van der Waals surface area contributed by atoms with Gasteiger partial charge < -0.3 is 4.74 Å². The third-order valence-corrected chi connectivity index (χ3v) is 3.91. The maximum absolute atomic E-state index is 14.3. The largest absolute Gasteiger partial charge is 0.466 e. The van der Waals surface area contributed by atoms with Crippen molar-refractivity contribution in [2.75, 3.05) is 7.11 Å². The summed E-state index contributed by atoms with van der Waals surface area (Å²) in [5.74, 6) is -0.928. The molecule has 0 spiro atoms. The number of halogens is 2. The highest BCUT2D eigenvalue weighted by molar-refractivity contribution is 8.00. The normalized spacial score (nSPS) is 14.4. The Balaban J connectivity index is 3.07. The molecule has 0 radical (unpaired) electrons. The third kappa shape index (κ3) is 3.39. The van der Waals surface area contributed by atoms with E-state index < -0.39 is 11.6 Å². The Labute approximate surface area is 116 Å². The fourth-order valence-corrected chi connectivity index (χ4v) is 2.59. The maximum Gasteiger partial charge on any atom is 0.348 e. The minimum Gasteiger partial charge on any atom is -0.466 e. The second kappa shape index (κ2) is 5.93. The molecule has 1 unspecified atom stereocenters. The first kappa shape index (κ1) is 15.3. The molecule has 2 nitrogen and oxygen atoms in total. The average molecular weight is 291 g/mol. The molecule has 0 aliphatic carbocycles. The van der Waals surface area contributed by atoms with Crippen LogP contribution in [0.1, 0.15) is 26.3 Å². The topological polar surface area (TPSA) is 26.3 Å². The number of esters is 1. The Morgan fingerprint density at radius 3 is 2.56 bits per heavy atom. The van der Waals surface area contributed by atoms with Crippen LogP contribution >= 0.6 is 23.4 Å².